The molecule has 0 heterocycles. The highest BCUT2D eigenvalue weighted by Crippen LogP contribution is 2.46. The molecular formula is C17H27NO. The van der Waals surface area contributed by atoms with E-state index in [0.29, 0.717) is 12.1 Å². The van der Waals surface area contributed by atoms with Crippen LogP contribution in [-0.2, 0) is 10.2 Å². The molecule has 106 valence electrons. The smallest absolute Gasteiger partial charge is 0.0631 e. The Bertz CT molecular complexity index is 370. The molecule has 2 nitrogen and oxygen atoms in total. The highest BCUT2D eigenvalue weighted by Gasteiger charge is 2.45. The Morgan fingerprint density at radius 2 is 1.89 bits per heavy atom. The van der Waals surface area contributed by atoms with E-state index in [2.05, 4.69) is 56.4 Å². The first kappa shape index (κ1) is 14.5. The van der Waals surface area contributed by atoms with E-state index in [0.717, 1.165) is 13.2 Å². The molecule has 19 heavy (non-hydrogen) atoms. The maximum absolute atomic E-state index is 5.90. The van der Waals surface area contributed by atoms with Crippen molar-refractivity contribution in [2.75, 3.05) is 13.2 Å². The predicted octanol–water partition coefficient (Wildman–Crippen LogP) is 3.51. The first-order valence-corrected chi connectivity index (χ1v) is 7.59. The van der Waals surface area contributed by atoms with Crippen molar-refractivity contribution < 1.29 is 4.74 Å². The SMILES string of the molecule is CCNC(COC(C)C)C1(c2ccccc2)CCC1. The zero-order chi connectivity index (χ0) is 13.7. The minimum atomic E-state index is 0.284. The molecule has 2 rings (SSSR count). The van der Waals surface area contributed by atoms with E-state index >= 15 is 0 Å². The van der Waals surface area contributed by atoms with Crippen LogP contribution in [0.1, 0.15) is 45.6 Å². The van der Waals surface area contributed by atoms with Gasteiger partial charge < -0.3 is 10.1 Å². The highest BCUT2D eigenvalue weighted by molar-refractivity contribution is 5.30. The molecule has 0 saturated heterocycles. The minimum Gasteiger partial charge on any atom is -0.377 e. The highest BCUT2D eigenvalue weighted by atomic mass is 16.5. The van der Waals surface area contributed by atoms with Crippen LogP contribution < -0.4 is 5.32 Å². The standard InChI is InChI=1S/C17H27NO/c1-4-18-16(13-19-14(2)3)17(11-8-12-17)15-9-6-5-7-10-15/h5-7,9-10,14,16,18H,4,8,11-13H2,1-3H3. The summed E-state index contributed by atoms with van der Waals surface area (Å²) < 4.78 is 5.90. The van der Waals surface area contributed by atoms with Gasteiger partial charge in [0.05, 0.1) is 12.7 Å². The number of likely N-dealkylation sites (N-methyl/N-ethyl adjacent to an activating group) is 1. The molecule has 0 aromatic heterocycles. The molecule has 0 radical (unpaired) electrons. The lowest BCUT2D eigenvalue weighted by atomic mass is 9.60. The van der Waals surface area contributed by atoms with Crippen molar-refractivity contribution in [3.8, 4) is 0 Å². The maximum Gasteiger partial charge on any atom is 0.0631 e. The predicted molar refractivity (Wildman–Crippen MR) is 80.5 cm³/mol. The minimum absolute atomic E-state index is 0.284. The molecule has 1 aromatic rings. The molecule has 1 aliphatic carbocycles. The Kier molecular flexibility index (Phi) is 5.00. The lowest BCUT2D eigenvalue weighted by Gasteiger charge is -2.48. The Hall–Kier alpha value is -0.860. The van der Waals surface area contributed by atoms with Gasteiger partial charge in [-0.05, 0) is 38.8 Å². The number of nitrogens with one attached hydrogen (secondary N) is 1. The maximum atomic E-state index is 5.90. The molecule has 1 atom stereocenters. The Balaban J connectivity index is 2.16. The average molecular weight is 261 g/mol. The van der Waals surface area contributed by atoms with Gasteiger partial charge in [0.1, 0.15) is 0 Å². The van der Waals surface area contributed by atoms with E-state index in [1.165, 1.54) is 24.8 Å². The van der Waals surface area contributed by atoms with Crippen molar-refractivity contribution in [3.05, 3.63) is 35.9 Å². The quantitative estimate of drug-likeness (QED) is 0.811. The molecule has 0 aliphatic heterocycles. The summed E-state index contributed by atoms with van der Waals surface area (Å²) in [4.78, 5) is 0. The molecule has 0 bridgehead atoms. The molecule has 1 aliphatic rings. The fourth-order valence-electron chi connectivity index (χ4n) is 3.11. The normalized spacial score (nSPS) is 19.2. The third-order valence-corrected chi connectivity index (χ3v) is 4.31. The van der Waals surface area contributed by atoms with Crippen LogP contribution in [-0.4, -0.2) is 25.3 Å². The van der Waals surface area contributed by atoms with E-state index in [4.69, 9.17) is 4.74 Å². The van der Waals surface area contributed by atoms with Gasteiger partial charge >= 0.3 is 0 Å². The first-order valence-electron chi connectivity index (χ1n) is 7.59. The molecule has 0 amide bonds. The van der Waals surface area contributed by atoms with E-state index in [1.54, 1.807) is 0 Å². The van der Waals surface area contributed by atoms with Crippen molar-refractivity contribution in [2.24, 2.45) is 0 Å². The summed E-state index contributed by atoms with van der Waals surface area (Å²) in [5, 5.41) is 3.65. The molecule has 0 spiro atoms. The fraction of sp³-hybridized carbons (Fsp3) is 0.647. The zero-order valence-electron chi connectivity index (χ0n) is 12.5. The molecule has 1 unspecified atom stereocenters. The third kappa shape index (κ3) is 3.18. The fourth-order valence-corrected chi connectivity index (χ4v) is 3.11. The van der Waals surface area contributed by atoms with Gasteiger partial charge in [-0.3, -0.25) is 0 Å². The van der Waals surface area contributed by atoms with Crippen LogP contribution in [0.2, 0.25) is 0 Å². The number of benzene rings is 1. The lowest BCUT2D eigenvalue weighted by molar-refractivity contribution is 0.0241. The number of hydrogen-bond acceptors (Lipinski definition) is 2. The van der Waals surface area contributed by atoms with Gasteiger partial charge in [-0.2, -0.15) is 0 Å². The van der Waals surface area contributed by atoms with E-state index in [1.807, 2.05) is 0 Å². The Morgan fingerprint density at radius 1 is 1.21 bits per heavy atom. The third-order valence-electron chi connectivity index (χ3n) is 4.31. The van der Waals surface area contributed by atoms with Gasteiger partial charge in [-0.25, -0.2) is 0 Å². The number of ether oxygens (including phenoxy) is 1. The largest absolute Gasteiger partial charge is 0.377 e. The summed E-state index contributed by atoms with van der Waals surface area (Å²) in [6.45, 7) is 8.21. The van der Waals surface area contributed by atoms with Gasteiger partial charge in [0, 0.05) is 11.5 Å². The second-order valence-corrected chi connectivity index (χ2v) is 5.87. The summed E-state index contributed by atoms with van der Waals surface area (Å²) >= 11 is 0. The second-order valence-electron chi connectivity index (χ2n) is 5.87. The van der Waals surface area contributed by atoms with Crippen LogP contribution in [0.25, 0.3) is 0 Å². The average Bonchev–Trinajstić information content (AvgIpc) is 2.36. The van der Waals surface area contributed by atoms with Crippen LogP contribution in [0.3, 0.4) is 0 Å². The van der Waals surface area contributed by atoms with Crippen molar-refractivity contribution in [1.82, 2.24) is 5.32 Å². The lowest BCUT2D eigenvalue weighted by Crippen LogP contribution is -2.55. The summed E-state index contributed by atoms with van der Waals surface area (Å²) in [6, 6.07) is 11.4. The monoisotopic (exact) mass is 261 g/mol. The number of rotatable bonds is 7. The van der Waals surface area contributed by atoms with Crippen molar-refractivity contribution in [1.29, 1.82) is 0 Å². The summed E-state index contributed by atoms with van der Waals surface area (Å²) in [7, 11) is 0. The summed E-state index contributed by atoms with van der Waals surface area (Å²) in [5.74, 6) is 0. The number of hydrogen-bond donors (Lipinski definition) is 1. The van der Waals surface area contributed by atoms with Crippen LogP contribution in [0.5, 0.6) is 0 Å². The molecule has 1 aromatic carbocycles. The molecule has 2 heteroatoms. The zero-order valence-corrected chi connectivity index (χ0v) is 12.5. The van der Waals surface area contributed by atoms with Crippen molar-refractivity contribution in [2.45, 2.75) is 57.6 Å². The van der Waals surface area contributed by atoms with Gasteiger partial charge in [0.2, 0.25) is 0 Å². The van der Waals surface area contributed by atoms with Gasteiger partial charge in [0.25, 0.3) is 0 Å². The van der Waals surface area contributed by atoms with Crippen LogP contribution in [0.15, 0.2) is 30.3 Å². The summed E-state index contributed by atoms with van der Waals surface area (Å²) in [6.07, 6.45) is 4.18. The van der Waals surface area contributed by atoms with Crippen LogP contribution >= 0.6 is 0 Å². The van der Waals surface area contributed by atoms with E-state index < -0.39 is 0 Å². The molecule has 1 fully saturated rings. The summed E-state index contributed by atoms with van der Waals surface area (Å²) in [5.41, 5.74) is 1.76. The second kappa shape index (κ2) is 6.53. The van der Waals surface area contributed by atoms with Crippen molar-refractivity contribution in [3.63, 3.8) is 0 Å². The van der Waals surface area contributed by atoms with E-state index in [-0.39, 0.29) is 5.41 Å². The van der Waals surface area contributed by atoms with Crippen LogP contribution in [0, 0.1) is 0 Å². The van der Waals surface area contributed by atoms with Gasteiger partial charge in [-0.1, -0.05) is 43.7 Å². The van der Waals surface area contributed by atoms with Crippen molar-refractivity contribution >= 4 is 0 Å². The topological polar surface area (TPSA) is 21.3 Å². The van der Waals surface area contributed by atoms with Gasteiger partial charge in [-0.15, -0.1) is 0 Å². The molecule has 1 N–H and O–H groups in total. The Morgan fingerprint density at radius 3 is 2.37 bits per heavy atom. The van der Waals surface area contributed by atoms with Crippen LogP contribution in [0.4, 0.5) is 0 Å². The van der Waals surface area contributed by atoms with Gasteiger partial charge in [0.15, 0.2) is 0 Å². The molecule has 1 saturated carbocycles. The molecular weight excluding hydrogens is 234 g/mol. The first-order chi connectivity index (χ1) is 9.19. The van der Waals surface area contributed by atoms with E-state index in [9.17, 15) is 0 Å². The Labute approximate surface area is 117 Å².